The highest BCUT2D eigenvalue weighted by Gasteiger charge is 2.22. The highest BCUT2D eigenvalue weighted by molar-refractivity contribution is 6.32. The van der Waals surface area contributed by atoms with Crippen LogP contribution in [0.3, 0.4) is 0 Å². The van der Waals surface area contributed by atoms with Gasteiger partial charge in [-0.05, 0) is 31.9 Å². The van der Waals surface area contributed by atoms with E-state index in [2.05, 4.69) is 18.3 Å². The molecule has 17 heavy (non-hydrogen) atoms. The summed E-state index contributed by atoms with van der Waals surface area (Å²) in [6.07, 6.45) is 2.40. The Balaban J connectivity index is 2.13. The maximum Gasteiger partial charge on any atom is 0.103 e. The average Bonchev–Trinajstić information content (AvgIpc) is 2.82. The predicted molar refractivity (Wildman–Crippen MR) is 68.2 cm³/mol. The molecular weight excluding hydrogens is 236 g/mol. The molecule has 0 saturated carbocycles. The first-order chi connectivity index (χ1) is 8.22. The molecule has 4 heteroatoms. The van der Waals surface area contributed by atoms with Crippen LogP contribution in [-0.4, -0.2) is 18.8 Å². The van der Waals surface area contributed by atoms with Gasteiger partial charge in [0.2, 0.25) is 0 Å². The van der Waals surface area contributed by atoms with Crippen molar-refractivity contribution in [3.05, 3.63) is 28.8 Å². The van der Waals surface area contributed by atoms with Gasteiger partial charge in [-0.1, -0.05) is 17.7 Å². The van der Waals surface area contributed by atoms with Gasteiger partial charge in [-0.25, -0.2) is 0 Å². The number of rotatable bonds is 3. The third-order valence-corrected chi connectivity index (χ3v) is 3.35. The number of hydrogen-bond donors (Lipinski definition) is 1. The molecule has 1 aromatic rings. The van der Waals surface area contributed by atoms with Crippen LogP contribution in [0.2, 0.25) is 5.02 Å². The number of benzene rings is 1. The number of halogens is 1. The van der Waals surface area contributed by atoms with E-state index in [1.807, 2.05) is 12.1 Å². The van der Waals surface area contributed by atoms with E-state index in [0.29, 0.717) is 10.6 Å². The molecule has 2 rings (SSSR count). The number of hydrogen-bond acceptors (Lipinski definition) is 3. The molecular formula is C13H15ClN2O. The second kappa shape index (κ2) is 5.39. The first-order valence-electron chi connectivity index (χ1n) is 5.79. The molecule has 2 unspecified atom stereocenters. The molecule has 3 nitrogen and oxygen atoms in total. The van der Waals surface area contributed by atoms with Crippen LogP contribution in [-0.2, 0) is 4.74 Å². The smallest absolute Gasteiger partial charge is 0.103 e. The molecule has 2 atom stereocenters. The van der Waals surface area contributed by atoms with E-state index in [0.717, 1.165) is 25.1 Å². The average molecular weight is 251 g/mol. The van der Waals surface area contributed by atoms with E-state index >= 15 is 0 Å². The van der Waals surface area contributed by atoms with Crippen LogP contribution in [0, 0.1) is 11.3 Å². The normalized spacial score (nSPS) is 20.9. The van der Waals surface area contributed by atoms with Crippen molar-refractivity contribution in [1.82, 2.24) is 0 Å². The minimum absolute atomic E-state index is 0.183. The number of anilines is 1. The van der Waals surface area contributed by atoms with Gasteiger partial charge in [0.25, 0.3) is 0 Å². The predicted octanol–water partition coefficient (Wildman–Crippen LogP) is 3.19. The summed E-state index contributed by atoms with van der Waals surface area (Å²) in [4.78, 5) is 0. The van der Waals surface area contributed by atoms with Gasteiger partial charge < -0.3 is 10.1 Å². The lowest BCUT2D eigenvalue weighted by molar-refractivity contribution is 0.0996. The molecule has 0 radical (unpaired) electrons. The van der Waals surface area contributed by atoms with E-state index in [1.54, 1.807) is 6.07 Å². The molecule has 1 saturated heterocycles. The minimum atomic E-state index is 0.183. The van der Waals surface area contributed by atoms with Crippen LogP contribution >= 0.6 is 11.6 Å². The second-order valence-corrected chi connectivity index (χ2v) is 4.67. The third-order valence-electron chi connectivity index (χ3n) is 3.03. The zero-order chi connectivity index (χ0) is 12.3. The first-order valence-corrected chi connectivity index (χ1v) is 6.17. The lowest BCUT2D eigenvalue weighted by atomic mass is 10.1. The van der Waals surface area contributed by atoms with Crippen LogP contribution < -0.4 is 5.32 Å². The van der Waals surface area contributed by atoms with Crippen molar-refractivity contribution in [2.24, 2.45) is 0 Å². The summed E-state index contributed by atoms with van der Waals surface area (Å²) < 4.78 is 5.61. The van der Waals surface area contributed by atoms with Crippen molar-refractivity contribution < 1.29 is 4.74 Å². The van der Waals surface area contributed by atoms with Gasteiger partial charge >= 0.3 is 0 Å². The van der Waals surface area contributed by atoms with Crippen molar-refractivity contribution in [1.29, 1.82) is 5.26 Å². The summed E-state index contributed by atoms with van der Waals surface area (Å²) in [7, 11) is 0. The SMILES string of the molecule is CC(Nc1cccc(Cl)c1C#N)C1CCCO1. The Morgan fingerprint density at radius 3 is 3.06 bits per heavy atom. The van der Waals surface area contributed by atoms with E-state index < -0.39 is 0 Å². The van der Waals surface area contributed by atoms with Gasteiger partial charge in [0, 0.05) is 12.6 Å². The Bertz CT molecular complexity index is 436. The lowest BCUT2D eigenvalue weighted by Gasteiger charge is -2.21. The highest BCUT2D eigenvalue weighted by Crippen LogP contribution is 2.25. The quantitative estimate of drug-likeness (QED) is 0.896. The fourth-order valence-electron chi connectivity index (χ4n) is 2.09. The number of ether oxygens (including phenoxy) is 1. The second-order valence-electron chi connectivity index (χ2n) is 4.26. The monoisotopic (exact) mass is 250 g/mol. The van der Waals surface area contributed by atoms with E-state index in [9.17, 15) is 0 Å². The van der Waals surface area contributed by atoms with Gasteiger partial charge in [-0.15, -0.1) is 0 Å². The van der Waals surface area contributed by atoms with Gasteiger partial charge in [0.05, 0.1) is 22.4 Å². The largest absolute Gasteiger partial charge is 0.379 e. The Morgan fingerprint density at radius 2 is 2.41 bits per heavy atom. The van der Waals surface area contributed by atoms with Crippen LogP contribution in [0.4, 0.5) is 5.69 Å². The Morgan fingerprint density at radius 1 is 1.59 bits per heavy atom. The van der Waals surface area contributed by atoms with Crippen LogP contribution in [0.5, 0.6) is 0 Å². The maximum atomic E-state index is 9.07. The highest BCUT2D eigenvalue weighted by atomic mass is 35.5. The molecule has 0 bridgehead atoms. The van der Waals surface area contributed by atoms with Crippen molar-refractivity contribution in [2.45, 2.75) is 31.9 Å². The van der Waals surface area contributed by atoms with Crippen LogP contribution in [0.25, 0.3) is 0 Å². The molecule has 1 fully saturated rings. The van der Waals surface area contributed by atoms with Gasteiger partial charge in [-0.3, -0.25) is 0 Å². The summed E-state index contributed by atoms with van der Waals surface area (Å²) >= 11 is 5.98. The first kappa shape index (κ1) is 12.2. The molecule has 0 aromatic heterocycles. The third kappa shape index (κ3) is 2.71. The molecule has 0 aliphatic carbocycles. The standard InChI is InChI=1S/C13H15ClN2O/c1-9(13-6-3-7-17-13)16-12-5-2-4-11(14)10(12)8-15/h2,4-5,9,13,16H,3,6-7H2,1H3. The summed E-state index contributed by atoms with van der Waals surface area (Å²) in [6, 6.07) is 7.74. The maximum absolute atomic E-state index is 9.07. The van der Waals surface area contributed by atoms with E-state index in [1.165, 1.54) is 0 Å². The Labute approximate surface area is 106 Å². The van der Waals surface area contributed by atoms with Crippen LogP contribution in [0.15, 0.2) is 18.2 Å². The number of nitriles is 1. The lowest BCUT2D eigenvalue weighted by Crippen LogP contribution is -2.30. The Hall–Kier alpha value is -1.24. The molecule has 1 aliphatic rings. The van der Waals surface area contributed by atoms with Crippen molar-refractivity contribution in [3.63, 3.8) is 0 Å². The molecule has 1 aromatic carbocycles. The number of nitrogens with one attached hydrogen (secondary N) is 1. The summed E-state index contributed by atoms with van der Waals surface area (Å²) in [6.45, 7) is 2.90. The molecule has 0 amide bonds. The Kier molecular flexibility index (Phi) is 3.88. The summed E-state index contributed by atoms with van der Waals surface area (Å²) in [5.74, 6) is 0. The molecule has 90 valence electrons. The zero-order valence-electron chi connectivity index (χ0n) is 9.74. The van der Waals surface area contributed by atoms with Crippen LogP contribution in [0.1, 0.15) is 25.3 Å². The summed E-state index contributed by atoms with van der Waals surface area (Å²) in [5, 5.41) is 12.9. The van der Waals surface area contributed by atoms with E-state index in [-0.39, 0.29) is 12.1 Å². The summed E-state index contributed by atoms with van der Waals surface area (Å²) in [5.41, 5.74) is 1.28. The fraction of sp³-hybridized carbons (Fsp3) is 0.462. The molecule has 0 spiro atoms. The topological polar surface area (TPSA) is 45.0 Å². The van der Waals surface area contributed by atoms with Crippen molar-refractivity contribution in [2.75, 3.05) is 11.9 Å². The fourth-order valence-corrected chi connectivity index (χ4v) is 2.31. The zero-order valence-corrected chi connectivity index (χ0v) is 10.5. The molecule has 1 N–H and O–H groups in total. The van der Waals surface area contributed by atoms with Crippen molar-refractivity contribution in [3.8, 4) is 6.07 Å². The minimum Gasteiger partial charge on any atom is -0.379 e. The van der Waals surface area contributed by atoms with Crippen molar-refractivity contribution >= 4 is 17.3 Å². The van der Waals surface area contributed by atoms with Gasteiger partial charge in [-0.2, -0.15) is 5.26 Å². The van der Waals surface area contributed by atoms with Gasteiger partial charge in [0.1, 0.15) is 6.07 Å². The molecule has 1 heterocycles. The molecule has 1 aliphatic heterocycles. The number of nitrogens with zero attached hydrogens (tertiary/aromatic N) is 1. The van der Waals surface area contributed by atoms with Gasteiger partial charge in [0.15, 0.2) is 0 Å². The van der Waals surface area contributed by atoms with E-state index in [4.69, 9.17) is 21.6 Å².